The molecule has 1 aromatic heterocycles. The minimum Gasteiger partial charge on any atom is -0.309 e. The maximum Gasteiger partial charge on any atom is 0.0555 e. The lowest BCUT2D eigenvalue weighted by Gasteiger charge is -2.29. The molecule has 0 radical (unpaired) electrons. The average molecular weight is 628 g/mol. The first-order chi connectivity index (χ1) is 23.8. The number of anilines is 3. The van der Waals surface area contributed by atoms with Gasteiger partial charge in [-0.05, 0) is 79.2 Å². The van der Waals surface area contributed by atoms with Gasteiger partial charge in [0, 0.05) is 31.2 Å². The number of rotatable bonds is 4. The summed E-state index contributed by atoms with van der Waals surface area (Å²) in [5, 5.41) is 12.6. The molecule has 0 saturated carbocycles. The molecule has 0 aliphatic rings. The van der Waals surface area contributed by atoms with Crippen LogP contribution in [0.5, 0.6) is 0 Å². The van der Waals surface area contributed by atoms with E-state index in [1.165, 1.54) is 85.8 Å². The molecule has 0 bridgehead atoms. The van der Waals surface area contributed by atoms with E-state index in [1.807, 2.05) is 11.3 Å². The Kier molecular flexibility index (Phi) is 6.12. The predicted octanol–water partition coefficient (Wildman–Crippen LogP) is 13.8. The Morgan fingerprint density at radius 1 is 0.375 bits per heavy atom. The van der Waals surface area contributed by atoms with Crippen LogP contribution in [0.3, 0.4) is 0 Å². The highest BCUT2D eigenvalue weighted by atomic mass is 32.1. The van der Waals surface area contributed by atoms with E-state index in [0.717, 1.165) is 5.69 Å². The third kappa shape index (κ3) is 4.17. The van der Waals surface area contributed by atoms with Crippen LogP contribution >= 0.6 is 11.3 Å². The van der Waals surface area contributed by atoms with Gasteiger partial charge < -0.3 is 4.90 Å². The van der Waals surface area contributed by atoms with Crippen molar-refractivity contribution >= 4 is 91.7 Å². The zero-order valence-electron chi connectivity index (χ0n) is 26.1. The first kappa shape index (κ1) is 27.2. The van der Waals surface area contributed by atoms with E-state index in [1.54, 1.807) is 0 Å². The first-order valence-corrected chi connectivity index (χ1v) is 17.3. The van der Waals surface area contributed by atoms with Crippen molar-refractivity contribution in [2.24, 2.45) is 0 Å². The van der Waals surface area contributed by atoms with Crippen LogP contribution in [0, 0.1) is 0 Å². The van der Waals surface area contributed by atoms with Crippen molar-refractivity contribution < 1.29 is 0 Å². The Balaban J connectivity index is 1.34. The molecule has 9 aromatic carbocycles. The Hall–Kier alpha value is -5.96. The van der Waals surface area contributed by atoms with Crippen LogP contribution in [0.2, 0.25) is 0 Å². The molecule has 1 heterocycles. The molecule has 0 saturated heterocycles. The Labute approximate surface area is 282 Å². The largest absolute Gasteiger partial charge is 0.309 e. The van der Waals surface area contributed by atoms with E-state index in [0.29, 0.717) is 0 Å². The van der Waals surface area contributed by atoms with Gasteiger partial charge in [-0.2, -0.15) is 0 Å². The second-order valence-electron chi connectivity index (χ2n) is 12.5. The van der Waals surface area contributed by atoms with E-state index in [2.05, 4.69) is 181 Å². The molecule has 0 spiro atoms. The molecular formula is C46H29NS. The molecule has 224 valence electrons. The summed E-state index contributed by atoms with van der Waals surface area (Å²) in [4.78, 5) is 2.51. The highest BCUT2D eigenvalue weighted by Gasteiger charge is 2.23. The number of fused-ring (bicyclic) bond motifs is 9. The van der Waals surface area contributed by atoms with Crippen molar-refractivity contribution in [1.82, 2.24) is 0 Å². The van der Waals surface area contributed by atoms with Gasteiger partial charge >= 0.3 is 0 Å². The second kappa shape index (κ2) is 10.8. The number of thiophene rings is 1. The van der Waals surface area contributed by atoms with E-state index in [9.17, 15) is 0 Å². The van der Waals surface area contributed by atoms with Crippen LogP contribution in [0.1, 0.15) is 0 Å². The van der Waals surface area contributed by atoms with Gasteiger partial charge in [-0.1, -0.05) is 146 Å². The number of hydrogen-bond acceptors (Lipinski definition) is 2. The summed E-state index contributed by atoms with van der Waals surface area (Å²) in [6.07, 6.45) is 0. The third-order valence-corrected chi connectivity index (χ3v) is 11.0. The second-order valence-corrected chi connectivity index (χ2v) is 13.5. The summed E-state index contributed by atoms with van der Waals surface area (Å²) < 4.78 is 2.60. The minimum atomic E-state index is 1.14. The monoisotopic (exact) mass is 627 g/mol. The molecule has 0 aliphatic heterocycles. The summed E-state index contributed by atoms with van der Waals surface area (Å²) >= 11 is 1.89. The lowest BCUT2D eigenvalue weighted by Crippen LogP contribution is -2.11. The average Bonchev–Trinajstić information content (AvgIpc) is 3.55. The highest BCUT2D eigenvalue weighted by Crippen LogP contribution is 2.50. The molecule has 0 aliphatic carbocycles. The fourth-order valence-electron chi connectivity index (χ4n) is 7.61. The van der Waals surface area contributed by atoms with Crippen molar-refractivity contribution in [3.63, 3.8) is 0 Å². The maximum absolute atomic E-state index is 2.51. The van der Waals surface area contributed by atoms with Crippen LogP contribution in [-0.4, -0.2) is 0 Å². The summed E-state index contributed by atoms with van der Waals surface area (Å²) in [6.45, 7) is 0. The minimum absolute atomic E-state index is 1.14. The van der Waals surface area contributed by atoms with Crippen LogP contribution in [0.25, 0.3) is 74.4 Å². The van der Waals surface area contributed by atoms with Crippen LogP contribution in [0.4, 0.5) is 17.1 Å². The Morgan fingerprint density at radius 3 is 1.81 bits per heavy atom. The quantitative estimate of drug-likeness (QED) is 0.176. The third-order valence-electron chi connectivity index (χ3n) is 9.80. The van der Waals surface area contributed by atoms with Gasteiger partial charge in [0.15, 0.2) is 0 Å². The number of benzene rings is 9. The molecular weight excluding hydrogens is 599 g/mol. The molecule has 0 unspecified atom stereocenters. The predicted molar refractivity (Wildman–Crippen MR) is 209 cm³/mol. The molecule has 10 rings (SSSR count). The Bertz CT molecular complexity index is 2850. The SMILES string of the molecule is c1ccc(-c2ccc(N(c3ccc4c(ccc5ccccc54)c3)c3cc4ccccc4c4ccccc34)c3c2sc2ccccc23)cc1. The van der Waals surface area contributed by atoms with E-state index in [4.69, 9.17) is 0 Å². The van der Waals surface area contributed by atoms with Crippen molar-refractivity contribution in [2.75, 3.05) is 4.90 Å². The van der Waals surface area contributed by atoms with E-state index < -0.39 is 0 Å². The van der Waals surface area contributed by atoms with Crippen LogP contribution in [-0.2, 0) is 0 Å². The summed E-state index contributed by atoms with van der Waals surface area (Å²) in [5.41, 5.74) is 6.00. The fraction of sp³-hybridized carbons (Fsp3) is 0. The zero-order chi connectivity index (χ0) is 31.6. The first-order valence-electron chi connectivity index (χ1n) is 16.4. The lowest BCUT2D eigenvalue weighted by molar-refractivity contribution is 1.33. The Morgan fingerprint density at radius 2 is 0.979 bits per heavy atom. The van der Waals surface area contributed by atoms with Gasteiger partial charge in [-0.3, -0.25) is 0 Å². The zero-order valence-corrected chi connectivity index (χ0v) is 26.9. The highest BCUT2D eigenvalue weighted by molar-refractivity contribution is 7.26. The van der Waals surface area contributed by atoms with Crippen molar-refractivity contribution in [3.8, 4) is 11.1 Å². The van der Waals surface area contributed by atoms with Gasteiger partial charge in [0.2, 0.25) is 0 Å². The normalized spacial score (nSPS) is 11.8. The van der Waals surface area contributed by atoms with E-state index >= 15 is 0 Å². The summed E-state index contributed by atoms with van der Waals surface area (Å²) in [6, 6.07) is 64.6. The van der Waals surface area contributed by atoms with Crippen LogP contribution < -0.4 is 4.90 Å². The standard InChI is InChI=1S/C46H29NS/c1-2-12-30(13-3-1)38-26-27-42(45-41-20-10-11-21-44(41)48-46(38)45)47(34-24-25-37-33(28-34)23-22-31-14-4-6-16-35(31)37)43-29-32-15-5-7-17-36(32)39-18-8-9-19-40(39)43/h1-29H. The van der Waals surface area contributed by atoms with Gasteiger partial charge in [0.25, 0.3) is 0 Å². The van der Waals surface area contributed by atoms with Crippen molar-refractivity contribution in [2.45, 2.75) is 0 Å². The van der Waals surface area contributed by atoms with Gasteiger partial charge in [0.1, 0.15) is 0 Å². The molecule has 1 nitrogen and oxygen atoms in total. The molecule has 48 heavy (non-hydrogen) atoms. The number of hydrogen-bond donors (Lipinski definition) is 0. The fourth-order valence-corrected chi connectivity index (χ4v) is 8.87. The van der Waals surface area contributed by atoms with Gasteiger partial charge in [-0.15, -0.1) is 11.3 Å². The molecule has 0 fully saturated rings. The van der Waals surface area contributed by atoms with E-state index in [-0.39, 0.29) is 0 Å². The molecule has 10 aromatic rings. The van der Waals surface area contributed by atoms with Gasteiger partial charge in [0.05, 0.1) is 11.4 Å². The smallest absolute Gasteiger partial charge is 0.0555 e. The summed E-state index contributed by atoms with van der Waals surface area (Å²) in [5.74, 6) is 0. The molecule has 0 atom stereocenters. The summed E-state index contributed by atoms with van der Waals surface area (Å²) in [7, 11) is 0. The molecule has 0 amide bonds. The molecule has 2 heteroatoms. The van der Waals surface area contributed by atoms with Gasteiger partial charge in [-0.25, -0.2) is 0 Å². The maximum atomic E-state index is 2.51. The van der Waals surface area contributed by atoms with Crippen LogP contribution in [0.15, 0.2) is 176 Å². The van der Waals surface area contributed by atoms with Crippen molar-refractivity contribution in [1.29, 1.82) is 0 Å². The number of nitrogens with zero attached hydrogens (tertiary/aromatic N) is 1. The van der Waals surface area contributed by atoms with Crippen molar-refractivity contribution in [3.05, 3.63) is 176 Å². The molecule has 0 N–H and O–H groups in total. The topological polar surface area (TPSA) is 3.24 Å². The lowest BCUT2D eigenvalue weighted by atomic mass is 9.96.